The Labute approximate surface area is 120 Å². The van der Waals surface area contributed by atoms with Crippen LogP contribution in [0.1, 0.15) is 38.3 Å². The van der Waals surface area contributed by atoms with Crippen molar-refractivity contribution in [1.82, 2.24) is 4.90 Å². The fraction of sp³-hybridized carbons (Fsp3) is 0.625. The smallest absolute Gasteiger partial charge is 0.123 e. The Morgan fingerprint density at radius 2 is 2.30 bits per heavy atom. The van der Waals surface area contributed by atoms with Gasteiger partial charge in [0.05, 0.1) is 6.10 Å². The summed E-state index contributed by atoms with van der Waals surface area (Å²) in [5.41, 5.74) is 7.12. The molecule has 2 rings (SSSR count). The van der Waals surface area contributed by atoms with Crippen LogP contribution in [0.2, 0.25) is 0 Å². The molecule has 3 nitrogen and oxygen atoms in total. The lowest BCUT2D eigenvalue weighted by Gasteiger charge is -2.40. The topological polar surface area (TPSA) is 38.5 Å². The fourth-order valence-corrected chi connectivity index (χ4v) is 3.13. The lowest BCUT2D eigenvalue weighted by atomic mass is 9.96. The summed E-state index contributed by atoms with van der Waals surface area (Å²) in [6.45, 7) is 6.61. The Balaban J connectivity index is 2.16. The van der Waals surface area contributed by atoms with Gasteiger partial charge in [-0.15, -0.1) is 0 Å². The molecule has 4 heteroatoms. The van der Waals surface area contributed by atoms with E-state index in [1.807, 2.05) is 19.9 Å². The Hall–Kier alpha value is -0.970. The number of piperidine rings is 1. The third-order valence-electron chi connectivity index (χ3n) is 3.89. The number of rotatable bonds is 5. The quantitative estimate of drug-likeness (QED) is 0.901. The highest BCUT2D eigenvalue weighted by molar-refractivity contribution is 5.22. The Bertz CT molecular complexity index is 423. The summed E-state index contributed by atoms with van der Waals surface area (Å²) in [5, 5.41) is 0. The van der Waals surface area contributed by atoms with E-state index < -0.39 is 0 Å². The summed E-state index contributed by atoms with van der Waals surface area (Å²) in [6.07, 6.45) is 2.46. The van der Waals surface area contributed by atoms with Gasteiger partial charge in [0.25, 0.3) is 0 Å². The third kappa shape index (κ3) is 3.78. The number of halogens is 1. The molecule has 0 radical (unpaired) electrons. The first-order valence-electron chi connectivity index (χ1n) is 7.48. The number of ether oxygens (including phenoxy) is 1. The number of nitrogens with zero attached hydrogens (tertiary/aromatic N) is 1. The molecule has 0 bridgehead atoms. The summed E-state index contributed by atoms with van der Waals surface area (Å²) in [6, 6.07) is 6.79. The minimum atomic E-state index is -0.202. The molecule has 2 N–H and O–H groups in total. The van der Waals surface area contributed by atoms with Gasteiger partial charge < -0.3 is 10.5 Å². The van der Waals surface area contributed by atoms with E-state index in [0.29, 0.717) is 0 Å². The van der Waals surface area contributed by atoms with E-state index in [9.17, 15) is 4.39 Å². The lowest BCUT2D eigenvalue weighted by Crippen LogP contribution is -2.46. The van der Waals surface area contributed by atoms with E-state index in [-0.39, 0.29) is 24.0 Å². The summed E-state index contributed by atoms with van der Waals surface area (Å²) >= 11 is 0. The van der Waals surface area contributed by atoms with Crippen molar-refractivity contribution in [3.05, 3.63) is 35.6 Å². The van der Waals surface area contributed by atoms with E-state index in [1.54, 1.807) is 12.1 Å². The van der Waals surface area contributed by atoms with Gasteiger partial charge >= 0.3 is 0 Å². The molecule has 1 aromatic carbocycles. The first-order valence-corrected chi connectivity index (χ1v) is 7.48. The minimum absolute atomic E-state index is 0.0443. The van der Waals surface area contributed by atoms with Gasteiger partial charge in [0.2, 0.25) is 0 Å². The van der Waals surface area contributed by atoms with E-state index in [2.05, 4.69) is 4.90 Å². The molecular formula is C16H25FN2O. The second kappa shape index (κ2) is 7.16. The molecule has 1 saturated heterocycles. The molecule has 3 atom stereocenters. The molecule has 0 aliphatic carbocycles. The number of hydrogen-bond acceptors (Lipinski definition) is 3. The number of nitrogens with two attached hydrogens (primary N) is 1. The summed E-state index contributed by atoms with van der Waals surface area (Å²) < 4.78 is 19.2. The average Bonchev–Trinajstić information content (AvgIpc) is 2.39. The van der Waals surface area contributed by atoms with Gasteiger partial charge in [-0.05, 0) is 50.9 Å². The molecule has 20 heavy (non-hydrogen) atoms. The van der Waals surface area contributed by atoms with Gasteiger partial charge in [-0.2, -0.15) is 0 Å². The monoisotopic (exact) mass is 280 g/mol. The van der Waals surface area contributed by atoms with Crippen molar-refractivity contribution in [2.45, 2.75) is 44.9 Å². The first-order chi connectivity index (χ1) is 9.61. The van der Waals surface area contributed by atoms with Crippen LogP contribution in [0.25, 0.3) is 0 Å². The highest BCUT2D eigenvalue weighted by Gasteiger charge is 2.29. The van der Waals surface area contributed by atoms with Crippen LogP contribution in [-0.2, 0) is 4.74 Å². The second-order valence-corrected chi connectivity index (χ2v) is 5.57. The lowest BCUT2D eigenvalue weighted by molar-refractivity contribution is -0.0106. The zero-order valence-corrected chi connectivity index (χ0v) is 12.4. The number of likely N-dealkylation sites (tertiary alicyclic amines) is 1. The van der Waals surface area contributed by atoms with Crippen LogP contribution >= 0.6 is 0 Å². The van der Waals surface area contributed by atoms with Crippen molar-refractivity contribution in [3.8, 4) is 0 Å². The van der Waals surface area contributed by atoms with Crippen LogP contribution in [0.4, 0.5) is 4.39 Å². The molecule has 3 unspecified atom stereocenters. The Kier molecular flexibility index (Phi) is 5.52. The van der Waals surface area contributed by atoms with Crippen LogP contribution < -0.4 is 5.73 Å². The van der Waals surface area contributed by atoms with Gasteiger partial charge in [0.1, 0.15) is 5.82 Å². The maximum atomic E-state index is 13.5. The molecule has 1 aliphatic heterocycles. The van der Waals surface area contributed by atoms with Crippen molar-refractivity contribution < 1.29 is 9.13 Å². The molecule has 1 fully saturated rings. The van der Waals surface area contributed by atoms with Gasteiger partial charge in [-0.25, -0.2) is 4.39 Å². The van der Waals surface area contributed by atoms with Gasteiger partial charge in [-0.3, -0.25) is 4.90 Å². The molecule has 1 aliphatic rings. The summed E-state index contributed by atoms with van der Waals surface area (Å²) in [7, 11) is 0. The standard InChI is InChI=1S/C16H25FN2O/c1-3-20-15-8-5-9-19(11-15)16(12(2)18)13-6-4-7-14(17)10-13/h4,6-7,10,12,15-16H,3,5,8-9,11,18H2,1-2H3. The summed E-state index contributed by atoms with van der Waals surface area (Å²) in [5.74, 6) is -0.202. The van der Waals surface area contributed by atoms with E-state index in [0.717, 1.165) is 38.1 Å². The van der Waals surface area contributed by atoms with Crippen molar-refractivity contribution in [1.29, 1.82) is 0 Å². The van der Waals surface area contributed by atoms with Crippen LogP contribution in [0.3, 0.4) is 0 Å². The predicted molar refractivity (Wildman–Crippen MR) is 79.0 cm³/mol. The zero-order valence-electron chi connectivity index (χ0n) is 12.4. The highest BCUT2D eigenvalue weighted by atomic mass is 19.1. The van der Waals surface area contributed by atoms with Gasteiger partial charge in [0, 0.05) is 25.2 Å². The molecule has 0 spiro atoms. The largest absolute Gasteiger partial charge is 0.377 e. The average molecular weight is 280 g/mol. The third-order valence-corrected chi connectivity index (χ3v) is 3.89. The van der Waals surface area contributed by atoms with Crippen LogP contribution in [0.5, 0.6) is 0 Å². The fourth-order valence-electron chi connectivity index (χ4n) is 3.13. The van der Waals surface area contributed by atoms with Crippen molar-refractivity contribution in [3.63, 3.8) is 0 Å². The highest BCUT2D eigenvalue weighted by Crippen LogP contribution is 2.28. The second-order valence-electron chi connectivity index (χ2n) is 5.57. The van der Waals surface area contributed by atoms with Crippen LogP contribution in [0.15, 0.2) is 24.3 Å². The van der Waals surface area contributed by atoms with Crippen molar-refractivity contribution >= 4 is 0 Å². The Morgan fingerprint density at radius 3 is 2.95 bits per heavy atom. The SMILES string of the molecule is CCOC1CCCN(C(c2cccc(F)c2)C(C)N)C1. The van der Waals surface area contributed by atoms with Gasteiger partial charge in [0.15, 0.2) is 0 Å². The molecule has 0 saturated carbocycles. The van der Waals surface area contributed by atoms with Crippen LogP contribution in [0, 0.1) is 5.82 Å². The number of benzene rings is 1. The summed E-state index contributed by atoms with van der Waals surface area (Å²) in [4.78, 5) is 2.34. The minimum Gasteiger partial charge on any atom is -0.377 e. The molecule has 0 amide bonds. The molecule has 0 aromatic heterocycles. The van der Waals surface area contributed by atoms with Crippen LogP contribution in [-0.4, -0.2) is 36.7 Å². The van der Waals surface area contributed by atoms with Crippen molar-refractivity contribution in [2.75, 3.05) is 19.7 Å². The molecular weight excluding hydrogens is 255 g/mol. The zero-order chi connectivity index (χ0) is 14.5. The maximum absolute atomic E-state index is 13.5. The van der Waals surface area contributed by atoms with Crippen molar-refractivity contribution in [2.24, 2.45) is 5.73 Å². The molecule has 1 heterocycles. The van der Waals surface area contributed by atoms with E-state index in [1.165, 1.54) is 6.07 Å². The normalized spacial score (nSPS) is 23.5. The molecule has 112 valence electrons. The number of hydrogen-bond donors (Lipinski definition) is 1. The predicted octanol–water partition coefficient (Wildman–Crippen LogP) is 2.71. The van der Waals surface area contributed by atoms with Gasteiger partial charge in [-0.1, -0.05) is 12.1 Å². The van der Waals surface area contributed by atoms with E-state index >= 15 is 0 Å². The van der Waals surface area contributed by atoms with E-state index in [4.69, 9.17) is 10.5 Å². The Morgan fingerprint density at radius 1 is 1.50 bits per heavy atom. The molecule has 1 aromatic rings. The first kappa shape index (κ1) is 15.4. The maximum Gasteiger partial charge on any atom is 0.123 e.